The summed E-state index contributed by atoms with van der Waals surface area (Å²) in [6, 6.07) is 10.2. The van der Waals surface area contributed by atoms with Crippen LogP contribution in [0.3, 0.4) is 0 Å². The molecule has 3 N–H and O–H groups in total. The number of aliphatic hydroxyl groups is 1. The molecule has 1 aromatic carbocycles. The highest BCUT2D eigenvalue weighted by Crippen LogP contribution is 2.29. The lowest BCUT2D eigenvalue weighted by Gasteiger charge is -2.32. The highest BCUT2D eigenvalue weighted by atomic mass is 16.3. The molecule has 0 aliphatic heterocycles. The van der Waals surface area contributed by atoms with Crippen molar-refractivity contribution in [2.75, 3.05) is 13.2 Å². The third kappa shape index (κ3) is 6.05. The van der Waals surface area contributed by atoms with Crippen LogP contribution in [0.2, 0.25) is 0 Å². The van der Waals surface area contributed by atoms with Gasteiger partial charge in [0, 0.05) is 20.2 Å². The van der Waals surface area contributed by atoms with Crippen LogP contribution in [-0.4, -0.2) is 39.0 Å². The first-order chi connectivity index (χ1) is 13.5. The van der Waals surface area contributed by atoms with E-state index >= 15 is 0 Å². The second kappa shape index (κ2) is 10.8. The monoisotopic (exact) mass is 386 g/mol. The largest absolute Gasteiger partial charge is 0.396 e. The Morgan fingerprint density at radius 1 is 1.14 bits per heavy atom. The van der Waals surface area contributed by atoms with E-state index in [2.05, 4.69) is 46.8 Å². The minimum absolute atomic E-state index is 0.0608. The molecule has 154 valence electrons. The summed E-state index contributed by atoms with van der Waals surface area (Å²) in [6.45, 7) is 8.40. The maximum absolute atomic E-state index is 9.47. The van der Waals surface area contributed by atoms with Gasteiger partial charge in [0.25, 0.3) is 0 Å². The maximum Gasteiger partial charge on any atom is 0.191 e. The molecule has 0 aliphatic rings. The molecule has 0 unspecified atom stereocenters. The number of benzene rings is 1. The first-order valence-electron chi connectivity index (χ1n) is 10.1. The summed E-state index contributed by atoms with van der Waals surface area (Å²) in [5.74, 6) is 2.49. The minimum atomic E-state index is 0.0608. The fraction of sp³-hybridized carbons (Fsp3) is 0.571. The Balaban J connectivity index is 2.09. The molecule has 0 saturated heterocycles. The van der Waals surface area contributed by atoms with Crippen LogP contribution in [0, 0.1) is 12.3 Å². The number of hydrogen-bond acceptors (Lipinski definition) is 4. The van der Waals surface area contributed by atoms with E-state index in [1.165, 1.54) is 0 Å². The van der Waals surface area contributed by atoms with E-state index in [9.17, 15) is 5.11 Å². The lowest BCUT2D eigenvalue weighted by atomic mass is 9.79. The lowest BCUT2D eigenvalue weighted by molar-refractivity contribution is 0.169. The second-order valence-electron chi connectivity index (χ2n) is 7.26. The molecule has 0 amide bonds. The highest BCUT2D eigenvalue weighted by Gasteiger charge is 2.25. The van der Waals surface area contributed by atoms with Gasteiger partial charge < -0.3 is 20.3 Å². The average Bonchev–Trinajstić information content (AvgIpc) is 3.05. The number of aliphatic hydroxyl groups excluding tert-OH is 1. The fourth-order valence-corrected chi connectivity index (χ4v) is 3.15. The summed E-state index contributed by atoms with van der Waals surface area (Å²) in [5, 5.41) is 24.7. The third-order valence-corrected chi connectivity index (χ3v) is 5.63. The molecule has 1 heterocycles. The maximum atomic E-state index is 9.47. The van der Waals surface area contributed by atoms with Crippen molar-refractivity contribution in [1.82, 2.24) is 25.4 Å². The number of aromatic nitrogens is 3. The van der Waals surface area contributed by atoms with Gasteiger partial charge in [-0.3, -0.25) is 0 Å². The summed E-state index contributed by atoms with van der Waals surface area (Å²) in [7, 11) is 1.96. The third-order valence-electron chi connectivity index (χ3n) is 5.63. The van der Waals surface area contributed by atoms with Crippen molar-refractivity contribution < 1.29 is 5.11 Å². The smallest absolute Gasteiger partial charge is 0.191 e. The molecule has 0 atom stereocenters. The summed E-state index contributed by atoms with van der Waals surface area (Å²) in [6.07, 6.45) is 2.79. The molecule has 0 bridgehead atoms. The number of nitrogens with one attached hydrogen (secondary N) is 2. The van der Waals surface area contributed by atoms with E-state index in [0.29, 0.717) is 13.1 Å². The van der Waals surface area contributed by atoms with Crippen molar-refractivity contribution in [3.8, 4) is 0 Å². The number of aryl methyl sites for hydroxylation is 1. The number of guanidine groups is 1. The van der Waals surface area contributed by atoms with Crippen molar-refractivity contribution in [1.29, 1.82) is 0 Å². The van der Waals surface area contributed by atoms with Crippen LogP contribution in [0.1, 0.15) is 50.3 Å². The first kappa shape index (κ1) is 21.9. The molecule has 7 nitrogen and oxygen atoms in total. The quantitative estimate of drug-likeness (QED) is 0.431. The number of aliphatic imine (C=N–C) groups is 1. The summed E-state index contributed by atoms with van der Waals surface area (Å²) < 4.78 is 1.97. The van der Waals surface area contributed by atoms with Crippen LogP contribution in [0.5, 0.6) is 0 Å². The highest BCUT2D eigenvalue weighted by molar-refractivity contribution is 5.79. The molecule has 0 aliphatic carbocycles. The SMILES string of the molecule is CCC(CC)(CCO)CNC(=NCc1ccccc1)NCc1nnc(C)n1C. The van der Waals surface area contributed by atoms with E-state index in [1.807, 2.05) is 36.7 Å². The predicted octanol–water partition coefficient (Wildman–Crippen LogP) is 2.55. The van der Waals surface area contributed by atoms with Gasteiger partial charge in [0.15, 0.2) is 11.8 Å². The van der Waals surface area contributed by atoms with Crippen LogP contribution >= 0.6 is 0 Å². The molecular formula is C21H34N6O. The van der Waals surface area contributed by atoms with Crippen molar-refractivity contribution in [2.45, 2.75) is 53.1 Å². The van der Waals surface area contributed by atoms with Gasteiger partial charge in [-0.1, -0.05) is 44.2 Å². The molecule has 7 heteroatoms. The van der Waals surface area contributed by atoms with E-state index < -0.39 is 0 Å². The van der Waals surface area contributed by atoms with Gasteiger partial charge in [0.1, 0.15) is 5.82 Å². The second-order valence-corrected chi connectivity index (χ2v) is 7.26. The van der Waals surface area contributed by atoms with Crippen LogP contribution < -0.4 is 10.6 Å². The molecule has 0 saturated carbocycles. The van der Waals surface area contributed by atoms with Gasteiger partial charge in [-0.15, -0.1) is 10.2 Å². The van der Waals surface area contributed by atoms with Gasteiger partial charge in [-0.25, -0.2) is 4.99 Å². The van der Waals surface area contributed by atoms with Crippen LogP contribution in [0.25, 0.3) is 0 Å². The van der Waals surface area contributed by atoms with Gasteiger partial charge in [0.2, 0.25) is 0 Å². The molecule has 0 fully saturated rings. The Morgan fingerprint density at radius 3 is 2.43 bits per heavy atom. The Labute approximate surface area is 168 Å². The van der Waals surface area contributed by atoms with Gasteiger partial charge >= 0.3 is 0 Å². The molecule has 2 rings (SSSR count). The number of nitrogens with zero attached hydrogens (tertiary/aromatic N) is 4. The van der Waals surface area contributed by atoms with E-state index in [1.54, 1.807) is 0 Å². The van der Waals surface area contributed by atoms with Crippen molar-refractivity contribution in [3.05, 3.63) is 47.5 Å². The first-order valence-corrected chi connectivity index (χ1v) is 10.1. The topological polar surface area (TPSA) is 87.4 Å². The zero-order valence-electron chi connectivity index (χ0n) is 17.6. The summed E-state index contributed by atoms with van der Waals surface area (Å²) in [4.78, 5) is 4.75. The van der Waals surface area contributed by atoms with Gasteiger partial charge in [0.05, 0.1) is 13.1 Å². The Hall–Kier alpha value is -2.41. The molecule has 1 aromatic heterocycles. The molecule has 0 spiro atoms. The summed E-state index contributed by atoms with van der Waals surface area (Å²) >= 11 is 0. The summed E-state index contributed by atoms with van der Waals surface area (Å²) in [5.41, 5.74) is 1.22. The Bertz CT molecular complexity index is 737. The van der Waals surface area contributed by atoms with Gasteiger partial charge in [-0.05, 0) is 37.2 Å². The normalized spacial score (nSPS) is 12.2. The zero-order valence-corrected chi connectivity index (χ0v) is 17.6. The molecule has 2 aromatic rings. The molecule has 28 heavy (non-hydrogen) atoms. The van der Waals surface area contributed by atoms with Crippen LogP contribution in [-0.2, 0) is 20.1 Å². The number of hydrogen-bond donors (Lipinski definition) is 3. The lowest BCUT2D eigenvalue weighted by Crippen LogP contribution is -2.44. The zero-order chi connectivity index (χ0) is 20.4. The van der Waals surface area contributed by atoms with Crippen molar-refractivity contribution >= 4 is 5.96 Å². The van der Waals surface area contributed by atoms with Crippen molar-refractivity contribution in [2.24, 2.45) is 17.5 Å². The molecular weight excluding hydrogens is 352 g/mol. The Kier molecular flexibility index (Phi) is 8.44. The standard InChI is InChI=1S/C21H34N6O/c1-5-21(6-2,12-13-28)16-24-20(22-14-18-10-8-7-9-11-18)23-15-19-26-25-17(3)27(19)4/h7-11,28H,5-6,12-16H2,1-4H3,(H2,22,23,24). The predicted molar refractivity (Wildman–Crippen MR) is 113 cm³/mol. The Morgan fingerprint density at radius 2 is 1.86 bits per heavy atom. The number of rotatable bonds is 10. The van der Waals surface area contributed by atoms with Crippen molar-refractivity contribution in [3.63, 3.8) is 0 Å². The van der Waals surface area contributed by atoms with E-state index in [4.69, 9.17) is 4.99 Å². The van der Waals surface area contributed by atoms with Crippen LogP contribution in [0.15, 0.2) is 35.3 Å². The van der Waals surface area contributed by atoms with Crippen LogP contribution in [0.4, 0.5) is 0 Å². The van der Waals surface area contributed by atoms with E-state index in [-0.39, 0.29) is 12.0 Å². The van der Waals surface area contributed by atoms with E-state index in [0.717, 1.165) is 49.0 Å². The minimum Gasteiger partial charge on any atom is -0.396 e. The fourth-order valence-electron chi connectivity index (χ4n) is 3.15. The van der Waals surface area contributed by atoms with Gasteiger partial charge in [-0.2, -0.15) is 0 Å². The average molecular weight is 387 g/mol. The molecule has 0 radical (unpaired) electrons.